The van der Waals surface area contributed by atoms with Crippen molar-refractivity contribution in [3.63, 3.8) is 0 Å². The largest absolute Gasteiger partial charge is 0.373 e. The van der Waals surface area contributed by atoms with Crippen LogP contribution in [-0.2, 0) is 38.7 Å². The maximum atomic E-state index is 14.9. The molecular weight excluding hydrogens is 660 g/mol. The molecule has 3 aromatic heterocycles. The number of carbonyl (C=O) groups excluding carboxylic acids is 4. The summed E-state index contributed by atoms with van der Waals surface area (Å²) in [6.45, 7) is 6.07. The maximum Gasteiger partial charge on any atom is 0.343 e. The minimum absolute atomic E-state index is 0.0217. The Morgan fingerprint density at radius 3 is 2.57 bits per heavy atom. The molecule has 4 aromatic rings. The highest BCUT2D eigenvalue weighted by atomic mass is 19.3. The summed E-state index contributed by atoms with van der Waals surface area (Å²) in [7, 11) is 0. The predicted octanol–water partition coefficient (Wildman–Crippen LogP) is 4.03. The van der Waals surface area contributed by atoms with Gasteiger partial charge in [-0.2, -0.15) is 13.9 Å². The standard InChI is InChI=1S/C37H37F2N7O5/c1-20-6-7-21(2)43-28(20)12-30(48)29-13-36-14-31(36)46(29)32(49)17-45-34-25(18-51-9-5-8-37(38,39)35(50)42-19-36)10-24(26-15-40-23(4)41-16-26)11-27(34)33(44-45)22(3)47/h5-8,10-11,15-16,29,31H,9,12-14,17-19H2,1-4H3,(H,42,50)/t29-,31+,36-/m0/s1. The summed E-state index contributed by atoms with van der Waals surface area (Å²) in [5.74, 6) is -5.69. The monoisotopic (exact) mass is 697 g/mol. The maximum absolute atomic E-state index is 14.9. The first-order valence-electron chi connectivity index (χ1n) is 16.8. The average molecular weight is 698 g/mol. The van der Waals surface area contributed by atoms with Gasteiger partial charge < -0.3 is 15.0 Å². The fraction of sp³-hybridized carbons (Fsp3) is 0.405. The van der Waals surface area contributed by atoms with Gasteiger partial charge in [-0.3, -0.25) is 28.8 Å². The fourth-order valence-corrected chi connectivity index (χ4v) is 7.35. The Morgan fingerprint density at radius 2 is 1.82 bits per heavy atom. The van der Waals surface area contributed by atoms with Gasteiger partial charge in [-0.15, -0.1) is 0 Å². The fourth-order valence-electron chi connectivity index (χ4n) is 7.35. The smallest absolute Gasteiger partial charge is 0.343 e. The number of ether oxygens (including phenoxy) is 1. The lowest BCUT2D eigenvalue weighted by molar-refractivity contribution is -0.139. The predicted molar refractivity (Wildman–Crippen MR) is 181 cm³/mol. The number of alkyl halides is 2. The molecule has 2 bridgehead atoms. The van der Waals surface area contributed by atoms with E-state index in [1.165, 1.54) is 16.5 Å². The van der Waals surface area contributed by atoms with Gasteiger partial charge in [0.2, 0.25) is 5.91 Å². The second-order valence-electron chi connectivity index (χ2n) is 13.8. The summed E-state index contributed by atoms with van der Waals surface area (Å²) in [5, 5.41) is 7.46. The second-order valence-corrected chi connectivity index (χ2v) is 13.8. The summed E-state index contributed by atoms with van der Waals surface area (Å²) in [5.41, 5.74) is 3.89. The van der Waals surface area contributed by atoms with Gasteiger partial charge in [-0.25, -0.2) is 9.97 Å². The van der Waals surface area contributed by atoms with Gasteiger partial charge >= 0.3 is 5.92 Å². The van der Waals surface area contributed by atoms with E-state index in [4.69, 9.17) is 4.74 Å². The third-order valence-electron chi connectivity index (χ3n) is 10.1. The molecule has 0 spiro atoms. The number of aromatic nitrogens is 5. The van der Waals surface area contributed by atoms with Gasteiger partial charge in [-0.1, -0.05) is 12.1 Å². The van der Waals surface area contributed by atoms with Crippen molar-refractivity contribution >= 4 is 34.3 Å². The van der Waals surface area contributed by atoms with E-state index in [1.54, 1.807) is 31.5 Å². The number of carbonyl (C=O) groups is 4. The minimum Gasteiger partial charge on any atom is -0.373 e. The van der Waals surface area contributed by atoms with Crippen molar-refractivity contribution in [3.8, 4) is 11.1 Å². The molecule has 3 aliphatic rings. The Kier molecular flexibility index (Phi) is 8.60. The van der Waals surface area contributed by atoms with E-state index in [0.29, 0.717) is 51.6 Å². The van der Waals surface area contributed by atoms with E-state index in [0.717, 1.165) is 17.3 Å². The van der Waals surface area contributed by atoms with Crippen molar-refractivity contribution in [1.82, 2.24) is 34.9 Å². The summed E-state index contributed by atoms with van der Waals surface area (Å²) in [4.78, 5) is 68.7. The number of aryl methyl sites for hydroxylation is 3. The molecule has 12 nitrogen and oxygen atoms in total. The number of hydrogen-bond donors (Lipinski definition) is 1. The van der Waals surface area contributed by atoms with Crippen LogP contribution in [-0.4, -0.2) is 84.2 Å². The van der Waals surface area contributed by atoms with Crippen LogP contribution in [0.5, 0.6) is 0 Å². The van der Waals surface area contributed by atoms with Crippen molar-refractivity contribution < 1.29 is 32.7 Å². The number of amides is 2. The molecule has 2 aliphatic heterocycles. The molecule has 14 heteroatoms. The topological polar surface area (TPSA) is 149 Å². The number of halogens is 2. The highest BCUT2D eigenvalue weighted by molar-refractivity contribution is 6.07. The zero-order valence-corrected chi connectivity index (χ0v) is 28.7. The third-order valence-corrected chi connectivity index (χ3v) is 10.1. The summed E-state index contributed by atoms with van der Waals surface area (Å²) < 4.78 is 37.1. The van der Waals surface area contributed by atoms with Crippen LogP contribution < -0.4 is 5.32 Å². The number of piperidine rings is 1. The molecule has 1 aliphatic carbocycles. The molecule has 5 heterocycles. The van der Waals surface area contributed by atoms with Crippen LogP contribution in [0.2, 0.25) is 0 Å². The van der Waals surface area contributed by atoms with E-state index in [9.17, 15) is 28.0 Å². The average Bonchev–Trinajstić information content (AvgIpc) is 3.49. The van der Waals surface area contributed by atoms with Crippen LogP contribution in [0.3, 0.4) is 0 Å². The van der Waals surface area contributed by atoms with E-state index in [2.05, 4.69) is 25.4 Å². The number of ketones is 2. The molecule has 3 atom stereocenters. The van der Waals surface area contributed by atoms with Crippen LogP contribution in [0.1, 0.15) is 58.6 Å². The van der Waals surface area contributed by atoms with Crippen LogP contribution in [0.25, 0.3) is 22.0 Å². The molecule has 51 heavy (non-hydrogen) atoms. The molecule has 264 valence electrons. The molecule has 7 rings (SSSR count). The van der Waals surface area contributed by atoms with Gasteiger partial charge in [0.25, 0.3) is 5.91 Å². The van der Waals surface area contributed by atoms with E-state index in [1.807, 2.05) is 26.0 Å². The zero-order valence-electron chi connectivity index (χ0n) is 28.7. The number of hydrogen-bond acceptors (Lipinski definition) is 9. The SMILES string of the molecule is CC(=O)c1nn2c3c(cc(-c4cnc(C)nc4)cc13)COCC=CC(F)(F)C(=O)NC[C@@]13C[C@@H](C(=O)Cc4nc(C)ccc4C)N(C(=O)C2)[C@@H]1C3. The van der Waals surface area contributed by atoms with Gasteiger partial charge in [0.1, 0.15) is 18.1 Å². The summed E-state index contributed by atoms with van der Waals surface area (Å²) in [6.07, 6.45) is 5.50. The lowest BCUT2D eigenvalue weighted by Crippen LogP contribution is -2.45. The van der Waals surface area contributed by atoms with Crippen LogP contribution in [0, 0.1) is 26.2 Å². The Morgan fingerprint density at radius 1 is 1.06 bits per heavy atom. The first-order valence-corrected chi connectivity index (χ1v) is 16.8. The van der Waals surface area contributed by atoms with Gasteiger partial charge in [0.05, 0.1) is 36.9 Å². The highest BCUT2D eigenvalue weighted by Gasteiger charge is 2.67. The van der Waals surface area contributed by atoms with Crippen LogP contribution in [0.15, 0.2) is 48.8 Å². The zero-order chi connectivity index (χ0) is 36.2. The first kappa shape index (κ1) is 34.2. The van der Waals surface area contributed by atoms with Crippen molar-refractivity contribution in [2.75, 3.05) is 13.2 Å². The van der Waals surface area contributed by atoms with E-state index < -0.39 is 35.2 Å². The molecule has 1 aromatic carbocycles. The van der Waals surface area contributed by atoms with Crippen molar-refractivity contribution in [3.05, 3.63) is 82.8 Å². The lowest BCUT2D eigenvalue weighted by atomic mass is 9.94. The number of pyridine rings is 1. The van der Waals surface area contributed by atoms with Gasteiger partial charge in [0.15, 0.2) is 11.6 Å². The molecule has 1 saturated heterocycles. The lowest BCUT2D eigenvalue weighted by Gasteiger charge is -2.27. The van der Waals surface area contributed by atoms with E-state index >= 15 is 0 Å². The first-order chi connectivity index (χ1) is 24.3. The normalized spacial score (nSPS) is 23.1. The third kappa shape index (κ3) is 6.44. The van der Waals surface area contributed by atoms with Crippen molar-refractivity contribution in [2.24, 2.45) is 5.41 Å². The Labute approximate surface area is 292 Å². The van der Waals surface area contributed by atoms with Crippen molar-refractivity contribution in [2.45, 2.75) is 78.1 Å². The Hall–Kier alpha value is -5.24. The Bertz CT molecular complexity index is 2130. The number of Topliss-reactive ketones (excluding diaryl/α,β-unsaturated/α-hetero) is 2. The molecular formula is C37H37F2N7O5. The van der Waals surface area contributed by atoms with Crippen LogP contribution in [0.4, 0.5) is 8.78 Å². The second kappa shape index (κ2) is 12.8. The Balaban J connectivity index is 1.32. The molecule has 2 amide bonds. The molecule has 1 saturated carbocycles. The number of nitrogens with zero attached hydrogens (tertiary/aromatic N) is 6. The van der Waals surface area contributed by atoms with Gasteiger partial charge in [0, 0.05) is 59.5 Å². The highest BCUT2D eigenvalue weighted by Crippen LogP contribution is 2.59. The summed E-state index contributed by atoms with van der Waals surface area (Å²) in [6, 6.07) is 5.98. The summed E-state index contributed by atoms with van der Waals surface area (Å²) >= 11 is 0. The number of nitrogens with one attached hydrogen (secondary N) is 1. The number of rotatable bonds is 5. The van der Waals surface area contributed by atoms with Gasteiger partial charge in [-0.05, 0) is 69.0 Å². The molecule has 2 fully saturated rings. The quantitative estimate of drug-likeness (QED) is 0.241. The molecule has 0 unspecified atom stereocenters. The molecule has 1 N–H and O–H groups in total. The van der Waals surface area contributed by atoms with Crippen molar-refractivity contribution in [1.29, 1.82) is 0 Å². The van der Waals surface area contributed by atoms with Crippen LogP contribution >= 0.6 is 0 Å². The van der Waals surface area contributed by atoms with E-state index in [-0.39, 0.29) is 56.4 Å². The minimum atomic E-state index is -3.82. The number of benzene rings is 1. The molecule has 0 radical (unpaired) electrons.